The number of Topliss-reactive ketones (excluding diaryl/α,β-unsaturated/α-hetero) is 1. The van der Waals surface area contributed by atoms with Crippen LogP contribution < -0.4 is 10.6 Å². The number of carbonyl (C=O) groups is 3. The third-order valence-electron chi connectivity index (χ3n) is 7.29. The SMILES string of the molecule is C[C@@H]1CCC(NC(=O)[C@H](CC2CCCCC2)NC(=O)c2ccsc2)C(=O)CN1S(=O)(=O)c1ccccn1. The summed E-state index contributed by atoms with van der Waals surface area (Å²) in [4.78, 5) is 43.3. The second kappa shape index (κ2) is 12.3. The molecule has 37 heavy (non-hydrogen) atoms. The number of sulfonamides is 1. The fourth-order valence-electron chi connectivity index (χ4n) is 5.12. The Kier molecular flexibility index (Phi) is 9.09. The van der Waals surface area contributed by atoms with Crippen molar-refractivity contribution in [3.8, 4) is 0 Å². The number of carbonyl (C=O) groups excluding carboxylic acids is 3. The van der Waals surface area contributed by atoms with Gasteiger partial charge in [0.15, 0.2) is 10.8 Å². The van der Waals surface area contributed by atoms with Crippen LogP contribution in [0.25, 0.3) is 0 Å². The lowest BCUT2D eigenvalue weighted by Gasteiger charge is -2.28. The number of aromatic nitrogens is 1. The quantitative estimate of drug-likeness (QED) is 0.524. The van der Waals surface area contributed by atoms with Crippen LogP contribution in [0.5, 0.6) is 0 Å². The summed E-state index contributed by atoms with van der Waals surface area (Å²) in [5, 5.41) is 9.15. The lowest BCUT2D eigenvalue weighted by molar-refractivity contribution is -0.129. The van der Waals surface area contributed by atoms with Gasteiger partial charge in [-0.2, -0.15) is 15.6 Å². The van der Waals surface area contributed by atoms with E-state index in [9.17, 15) is 22.8 Å². The van der Waals surface area contributed by atoms with Gasteiger partial charge in [0.25, 0.3) is 15.9 Å². The van der Waals surface area contributed by atoms with Gasteiger partial charge in [-0.05, 0) is 55.7 Å². The number of pyridine rings is 1. The molecule has 0 aromatic carbocycles. The molecule has 200 valence electrons. The molecule has 2 aromatic rings. The van der Waals surface area contributed by atoms with E-state index in [2.05, 4.69) is 15.6 Å². The van der Waals surface area contributed by atoms with Crippen molar-refractivity contribution in [2.24, 2.45) is 5.92 Å². The van der Waals surface area contributed by atoms with E-state index in [1.807, 2.05) is 0 Å². The Bertz CT molecular complexity index is 1180. The first-order valence-electron chi connectivity index (χ1n) is 12.8. The minimum absolute atomic E-state index is 0.110. The molecule has 3 atom stereocenters. The molecule has 2 fully saturated rings. The Hall–Kier alpha value is -2.63. The molecule has 0 bridgehead atoms. The van der Waals surface area contributed by atoms with Gasteiger partial charge in [-0.25, -0.2) is 13.4 Å². The zero-order valence-corrected chi connectivity index (χ0v) is 22.6. The molecule has 2 amide bonds. The Labute approximate surface area is 222 Å². The van der Waals surface area contributed by atoms with Crippen LogP contribution in [0.2, 0.25) is 0 Å². The number of hydrogen-bond acceptors (Lipinski definition) is 7. The third kappa shape index (κ3) is 6.82. The highest BCUT2D eigenvalue weighted by Crippen LogP contribution is 2.28. The Morgan fingerprint density at radius 3 is 2.59 bits per heavy atom. The largest absolute Gasteiger partial charge is 0.344 e. The van der Waals surface area contributed by atoms with Crippen molar-refractivity contribution >= 4 is 39.0 Å². The van der Waals surface area contributed by atoms with Crippen LogP contribution >= 0.6 is 11.3 Å². The number of nitrogens with one attached hydrogen (secondary N) is 2. The van der Waals surface area contributed by atoms with Gasteiger partial charge in [0, 0.05) is 17.6 Å². The van der Waals surface area contributed by atoms with E-state index in [-0.39, 0.29) is 23.3 Å². The molecule has 1 saturated heterocycles. The maximum Gasteiger partial charge on any atom is 0.261 e. The van der Waals surface area contributed by atoms with Gasteiger partial charge in [0.1, 0.15) is 6.04 Å². The molecule has 9 nitrogen and oxygen atoms in total. The first-order valence-corrected chi connectivity index (χ1v) is 15.2. The van der Waals surface area contributed by atoms with Gasteiger partial charge >= 0.3 is 0 Å². The number of ketones is 1. The van der Waals surface area contributed by atoms with E-state index in [4.69, 9.17) is 0 Å². The number of amides is 2. The molecular weight excluding hydrogens is 512 g/mol. The molecule has 4 rings (SSSR count). The van der Waals surface area contributed by atoms with Crippen molar-refractivity contribution in [3.05, 3.63) is 46.8 Å². The van der Waals surface area contributed by atoms with Gasteiger partial charge in [-0.1, -0.05) is 38.2 Å². The summed E-state index contributed by atoms with van der Waals surface area (Å²) in [6, 6.07) is 4.30. The fourth-order valence-corrected chi connectivity index (χ4v) is 7.32. The maximum absolute atomic E-state index is 13.4. The summed E-state index contributed by atoms with van der Waals surface area (Å²) in [7, 11) is -3.96. The van der Waals surface area contributed by atoms with Gasteiger partial charge in [-0.3, -0.25) is 14.4 Å². The molecule has 1 aliphatic carbocycles. The normalized spacial score (nSPS) is 22.7. The summed E-state index contributed by atoms with van der Waals surface area (Å²) < 4.78 is 27.5. The van der Waals surface area contributed by atoms with Crippen LogP contribution in [0.1, 0.15) is 68.6 Å². The molecule has 1 unspecified atom stereocenters. The van der Waals surface area contributed by atoms with Gasteiger partial charge in [0.2, 0.25) is 5.91 Å². The highest BCUT2D eigenvalue weighted by Gasteiger charge is 2.38. The zero-order valence-electron chi connectivity index (χ0n) is 21.0. The molecule has 3 heterocycles. The van der Waals surface area contributed by atoms with Gasteiger partial charge < -0.3 is 10.6 Å². The van der Waals surface area contributed by atoms with E-state index < -0.39 is 34.1 Å². The Morgan fingerprint density at radius 1 is 1.14 bits per heavy atom. The predicted octanol–water partition coefficient (Wildman–Crippen LogP) is 3.14. The molecule has 2 N–H and O–H groups in total. The molecule has 2 aliphatic rings. The summed E-state index contributed by atoms with van der Waals surface area (Å²) in [6.07, 6.45) is 8.05. The molecule has 0 radical (unpaired) electrons. The average molecular weight is 547 g/mol. The smallest absolute Gasteiger partial charge is 0.261 e. The summed E-state index contributed by atoms with van der Waals surface area (Å²) in [5.41, 5.74) is 0.501. The van der Waals surface area contributed by atoms with Crippen LogP contribution in [0.3, 0.4) is 0 Å². The molecule has 1 aliphatic heterocycles. The fraction of sp³-hybridized carbons (Fsp3) is 0.538. The first kappa shape index (κ1) is 27.4. The molecule has 2 aromatic heterocycles. The third-order valence-corrected chi connectivity index (χ3v) is 9.85. The number of rotatable bonds is 8. The van der Waals surface area contributed by atoms with Crippen LogP contribution in [0, 0.1) is 5.92 Å². The number of thiophene rings is 1. The van der Waals surface area contributed by atoms with Gasteiger partial charge in [-0.15, -0.1) is 0 Å². The molecule has 11 heteroatoms. The highest BCUT2D eigenvalue weighted by atomic mass is 32.2. The Morgan fingerprint density at radius 2 is 1.92 bits per heavy atom. The van der Waals surface area contributed by atoms with Crippen LogP contribution in [0.4, 0.5) is 0 Å². The standard InChI is InChI=1S/C26H34N4O5S2/c1-18-10-11-21(23(31)16-30(18)37(34,35)24-9-5-6-13-27-24)28-26(33)22(15-19-7-3-2-4-8-19)29-25(32)20-12-14-36-17-20/h5-6,9,12-14,17-19,21-22H,2-4,7-8,10-11,15-16H2,1H3,(H,28,33)(H,29,32)/t18-,21?,22+/m1/s1. The van der Waals surface area contributed by atoms with E-state index in [1.54, 1.807) is 35.9 Å². The van der Waals surface area contributed by atoms with Crippen molar-refractivity contribution in [3.63, 3.8) is 0 Å². The topological polar surface area (TPSA) is 126 Å². The summed E-state index contributed by atoms with van der Waals surface area (Å²) in [5.74, 6) is -0.763. The predicted molar refractivity (Wildman–Crippen MR) is 141 cm³/mol. The van der Waals surface area contributed by atoms with Crippen LogP contribution in [0.15, 0.2) is 46.2 Å². The Balaban J connectivity index is 1.46. The lowest BCUT2D eigenvalue weighted by atomic mass is 9.84. The van der Waals surface area contributed by atoms with Gasteiger partial charge in [0.05, 0.1) is 18.2 Å². The van der Waals surface area contributed by atoms with E-state index in [0.29, 0.717) is 30.7 Å². The van der Waals surface area contributed by atoms with Crippen molar-refractivity contribution in [1.29, 1.82) is 0 Å². The van der Waals surface area contributed by atoms with Crippen molar-refractivity contribution < 1.29 is 22.8 Å². The minimum atomic E-state index is -3.96. The number of nitrogens with zero attached hydrogens (tertiary/aromatic N) is 2. The van der Waals surface area contributed by atoms with Crippen LogP contribution in [-0.2, 0) is 19.6 Å². The van der Waals surface area contributed by atoms with E-state index in [0.717, 1.165) is 25.7 Å². The monoisotopic (exact) mass is 546 g/mol. The van der Waals surface area contributed by atoms with E-state index >= 15 is 0 Å². The van der Waals surface area contributed by atoms with Crippen molar-refractivity contribution in [2.45, 2.75) is 81.4 Å². The number of hydrogen-bond donors (Lipinski definition) is 2. The van der Waals surface area contributed by atoms with E-state index in [1.165, 1.54) is 34.3 Å². The molecular formula is C26H34N4O5S2. The maximum atomic E-state index is 13.4. The van der Waals surface area contributed by atoms with Crippen molar-refractivity contribution in [2.75, 3.05) is 6.54 Å². The first-order chi connectivity index (χ1) is 17.8. The second-order valence-corrected chi connectivity index (χ2v) is 12.6. The summed E-state index contributed by atoms with van der Waals surface area (Å²) in [6.45, 7) is 1.41. The summed E-state index contributed by atoms with van der Waals surface area (Å²) >= 11 is 1.41. The van der Waals surface area contributed by atoms with Crippen LogP contribution in [-0.4, -0.2) is 60.0 Å². The lowest BCUT2D eigenvalue weighted by Crippen LogP contribution is -2.53. The minimum Gasteiger partial charge on any atom is -0.344 e. The highest BCUT2D eigenvalue weighted by molar-refractivity contribution is 7.89. The average Bonchev–Trinajstić information content (AvgIpc) is 3.40. The second-order valence-electron chi connectivity index (χ2n) is 9.95. The van der Waals surface area contributed by atoms with Crippen molar-refractivity contribution in [1.82, 2.24) is 19.9 Å². The zero-order chi connectivity index (χ0) is 26.4. The molecule has 1 saturated carbocycles. The molecule has 0 spiro atoms.